The molecule has 4 rings (SSSR count). The van der Waals surface area contributed by atoms with Crippen LogP contribution in [-0.4, -0.2) is 82.4 Å². The average Bonchev–Trinajstić information content (AvgIpc) is 3.26. The molecular formula is C22H27N5O4. The van der Waals surface area contributed by atoms with Gasteiger partial charge in [-0.15, -0.1) is 0 Å². The van der Waals surface area contributed by atoms with Gasteiger partial charge < -0.3 is 19.4 Å². The van der Waals surface area contributed by atoms with E-state index >= 15 is 0 Å². The first-order valence-corrected chi connectivity index (χ1v) is 10.5. The van der Waals surface area contributed by atoms with Crippen molar-refractivity contribution in [2.24, 2.45) is 4.99 Å². The molecule has 0 saturated carbocycles. The summed E-state index contributed by atoms with van der Waals surface area (Å²) in [6.45, 7) is 4.26. The number of rotatable bonds is 7. The molecular weight excluding hydrogens is 398 g/mol. The number of aryl methyl sites for hydroxylation is 1. The van der Waals surface area contributed by atoms with Gasteiger partial charge in [0.15, 0.2) is 12.2 Å². The van der Waals surface area contributed by atoms with Gasteiger partial charge in [0.1, 0.15) is 6.54 Å². The second kappa shape index (κ2) is 8.41. The molecule has 3 heterocycles. The Morgan fingerprint density at radius 1 is 1.16 bits per heavy atom. The fraction of sp³-hybridized carbons (Fsp3) is 0.455. The Morgan fingerprint density at radius 3 is 2.61 bits per heavy atom. The van der Waals surface area contributed by atoms with Crippen LogP contribution in [0.2, 0.25) is 0 Å². The monoisotopic (exact) mass is 425 g/mol. The Morgan fingerprint density at radius 2 is 1.90 bits per heavy atom. The number of hydrogen-bond donors (Lipinski definition) is 0. The Balaban J connectivity index is 1.48. The van der Waals surface area contributed by atoms with Gasteiger partial charge in [0.2, 0.25) is 5.96 Å². The van der Waals surface area contributed by atoms with Crippen molar-refractivity contribution in [3.8, 4) is 0 Å². The highest BCUT2D eigenvalue weighted by molar-refractivity contribution is 6.05. The molecule has 1 aromatic carbocycles. The largest absolute Gasteiger partial charge is 0.465 e. The Kier molecular flexibility index (Phi) is 5.67. The van der Waals surface area contributed by atoms with Crippen LogP contribution < -0.4 is 0 Å². The number of ether oxygens (including phenoxy) is 1. The second-order valence-electron chi connectivity index (χ2n) is 7.83. The quantitative estimate of drug-likeness (QED) is 0.617. The van der Waals surface area contributed by atoms with Crippen molar-refractivity contribution >= 4 is 23.9 Å². The second-order valence-corrected chi connectivity index (χ2v) is 7.83. The van der Waals surface area contributed by atoms with Gasteiger partial charge in [-0.1, -0.05) is 30.3 Å². The molecule has 0 N–H and O–H groups in total. The zero-order valence-electron chi connectivity index (χ0n) is 18.0. The molecule has 31 heavy (non-hydrogen) atoms. The molecule has 0 radical (unpaired) electrons. The predicted octanol–water partition coefficient (Wildman–Crippen LogP) is 1.62. The van der Waals surface area contributed by atoms with E-state index in [2.05, 4.69) is 4.99 Å². The Hall–Kier alpha value is -3.36. The maximum Gasteiger partial charge on any atom is 0.328 e. The van der Waals surface area contributed by atoms with Gasteiger partial charge in [0.25, 0.3) is 5.91 Å². The van der Waals surface area contributed by atoms with Crippen LogP contribution in [0.1, 0.15) is 25.8 Å². The summed E-state index contributed by atoms with van der Waals surface area (Å²) in [7, 11) is 1.66. The molecule has 9 heteroatoms. The first kappa shape index (κ1) is 20.9. The van der Waals surface area contributed by atoms with E-state index in [0.717, 1.165) is 12.1 Å². The van der Waals surface area contributed by atoms with Crippen molar-refractivity contribution in [2.45, 2.75) is 38.9 Å². The minimum atomic E-state index is -0.628. The van der Waals surface area contributed by atoms with Gasteiger partial charge in [0.05, 0.1) is 6.61 Å². The number of esters is 1. The zero-order valence-corrected chi connectivity index (χ0v) is 18.0. The van der Waals surface area contributed by atoms with Crippen molar-refractivity contribution in [2.75, 3.05) is 26.7 Å². The van der Waals surface area contributed by atoms with Crippen molar-refractivity contribution in [1.82, 2.24) is 19.6 Å². The van der Waals surface area contributed by atoms with E-state index in [9.17, 15) is 14.4 Å². The highest BCUT2D eigenvalue weighted by Gasteiger charge is 2.54. The third-order valence-corrected chi connectivity index (χ3v) is 5.78. The molecule has 0 bridgehead atoms. The van der Waals surface area contributed by atoms with Gasteiger partial charge in [-0.3, -0.25) is 14.5 Å². The van der Waals surface area contributed by atoms with Crippen LogP contribution in [0.4, 0.5) is 4.79 Å². The SMILES string of the molecule is CCOC(=O)CN1C(C)=CN2C1=NC1C2C(=O)N(CCCc2ccccc2)C(=O)N1C. The Labute approximate surface area is 181 Å². The lowest BCUT2D eigenvalue weighted by atomic mass is 10.1. The first-order chi connectivity index (χ1) is 14.9. The summed E-state index contributed by atoms with van der Waals surface area (Å²) in [5.41, 5.74) is 1.97. The van der Waals surface area contributed by atoms with Gasteiger partial charge in [-0.2, -0.15) is 0 Å². The van der Waals surface area contributed by atoms with Crippen LogP contribution in [0, 0.1) is 0 Å². The van der Waals surface area contributed by atoms with Crippen molar-refractivity contribution in [3.63, 3.8) is 0 Å². The standard InChI is InChI=1S/C22H27N5O4/c1-4-31-17(28)14-26-15(2)13-27-18-19(23-21(26)27)24(3)22(30)25(20(18)29)12-8-11-16-9-6-5-7-10-16/h5-7,9-10,13,18-19H,4,8,11-12,14H2,1-3H3. The zero-order chi connectivity index (χ0) is 22.1. The lowest BCUT2D eigenvalue weighted by Gasteiger charge is -2.40. The topological polar surface area (TPSA) is 85.8 Å². The highest BCUT2D eigenvalue weighted by atomic mass is 16.5. The number of allylic oxidation sites excluding steroid dienone is 1. The summed E-state index contributed by atoms with van der Waals surface area (Å²) in [5, 5.41) is 0. The molecule has 0 aromatic heterocycles. The van der Waals surface area contributed by atoms with Crippen LogP contribution in [0.3, 0.4) is 0 Å². The normalized spacial score (nSPS) is 22.4. The molecule has 0 aliphatic carbocycles. The predicted molar refractivity (Wildman–Crippen MR) is 114 cm³/mol. The molecule has 9 nitrogen and oxygen atoms in total. The van der Waals surface area contributed by atoms with E-state index in [-0.39, 0.29) is 24.5 Å². The summed E-state index contributed by atoms with van der Waals surface area (Å²) in [6.07, 6.45) is 2.67. The molecule has 2 atom stereocenters. The number of nitrogens with zero attached hydrogens (tertiary/aromatic N) is 5. The van der Waals surface area contributed by atoms with E-state index in [1.54, 1.807) is 23.8 Å². The van der Waals surface area contributed by atoms with Gasteiger partial charge in [-0.05, 0) is 32.3 Å². The van der Waals surface area contributed by atoms with E-state index in [1.165, 1.54) is 15.4 Å². The molecule has 1 saturated heterocycles. The van der Waals surface area contributed by atoms with Crippen LogP contribution in [-0.2, 0) is 20.7 Å². The molecule has 1 fully saturated rings. The van der Waals surface area contributed by atoms with Crippen LogP contribution in [0.25, 0.3) is 0 Å². The van der Waals surface area contributed by atoms with Crippen LogP contribution in [0.5, 0.6) is 0 Å². The van der Waals surface area contributed by atoms with Crippen molar-refractivity contribution in [3.05, 3.63) is 47.8 Å². The first-order valence-electron chi connectivity index (χ1n) is 10.5. The maximum absolute atomic E-state index is 13.3. The molecule has 2 unspecified atom stereocenters. The molecule has 0 spiro atoms. The summed E-state index contributed by atoms with van der Waals surface area (Å²) in [4.78, 5) is 49.2. The van der Waals surface area contributed by atoms with E-state index in [4.69, 9.17) is 4.74 Å². The summed E-state index contributed by atoms with van der Waals surface area (Å²) >= 11 is 0. The third-order valence-electron chi connectivity index (χ3n) is 5.78. The number of aliphatic imine (C=N–C) groups is 1. The smallest absolute Gasteiger partial charge is 0.328 e. The summed E-state index contributed by atoms with van der Waals surface area (Å²) in [6, 6.07) is 9.02. The lowest BCUT2D eigenvalue weighted by Crippen LogP contribution is -2.64. The van der Waals surface area contributed by atoms with Gasteiger partial charge in [-0.25, -0.2) is 9.79 Å². The number of carbonyl (C=O) groups is 3. The molecule has 164 valence electrons. The number of amides is 3. The van der Waals surface area contributed by atoms with Crippen molar-refractivity contribution < 1.29 is 19.1 Å². The van der Waals surface area contributed by atoms with Gasteiger partial charge >= 0.3 is 12.0 Å². The van der Waals surface area contributed by atoms with Gasteiger partial charge in [0, 0.05) is 25.5 Å². The Bertz CT molecular complexity index is 944. The molecule has 3 aliphatic heterocycles. The van der Waals surface area contributed by atoms with E-state index in [1.807, 2.05) is 43.5 Å². The van der Waals surface area contributed by atoms with Crippen LogP contribution in [0.15, 0.2) is 47.2 Å². The van der Waals surface area contributed by atoms with Crippen molar-refractivity contribution in [1.29, 1.82) is 0 Å². The molecule has 3 amide bonds. The average molecular weight is 425 g/mol. The number of likely N-dealkylation sites (N-methyl/N-ethyl adjacent to an activating group) is 1. The van der Waals surface area contributed by atoms with E-state index in [0.29, 0.717) is 25.5 Å². The summed E-state index contributed by atoms with van der Waals surface area (Å²) in [5.74, 6) is -0.130. The van der Waals surface area contributed by atoms with E-state index < -0.39 is 12.2 Å². The lowest BCUT2D eigenvalue weighted by molar-refractivity contribution is -0.143. The number of fused-ring (bicyclic) bond motifs is 3. The minimum Gasteiger partial charge on any atom is -0.465 e. The van der Waals surface area contributed by atoms with Crippen LogP contribution >= 0.6 is 0 Å². The fourth-order valence-corrected chi connectivity index (χ4v) is 4.22. The third kappa shape index (κ3) is 3.75. The number of benzene rings is 1. The molecule has 1 aromatic rings. The number of hydrogen-bond acceptors (Lipinski definition) is 7. The summed E-state index contributed by atoms with van der Waals surface area (Å²) < 4.78 is 5.06. The fourth-order valence-electron chi connectivity index (χ4n) is 4.22. The molecule has 3 aliphatic rings. The number of urea groups is 1. The number of imide groups is 1. The maximum atomic E-state index is 13.3. The minimum absolute atomic E-state index is 0.0115. The highest BCUT2D eigenvalue weighted by Crippen LogP contribution is 2.34. The number of carbonyl (C=O) groups excluding carboxylic acids is 3. The number of guanidine groups is 1.